The third-order valence-corrected chi connectivity index (χ3v) is 3.79. The molecular weight excluding hydrogens is 224 g/mol. The summed E-state index contributed by atoms with van der Waals surface area (Å²) in [5.41, 5.74) is 5.91. The van der Waals surface area contributed by atoms with Crippen molar-refractivity contribution in [2.45, 2.75) is 18.9 Å². The van der Waals surface area contributed by atoms with E-state index in [2.05, 4.69) is 34.3 Å². The summed E-state index contributed by atoms with van der Waals surface area (Å²) in [7, 11) is 2.08. The van der Waals surface area contributed by atoms with Crippen molar-refractivity contribution in [3.8, 4) is 0 Å². The Morgan fingerprint density at radius 3 is 2.89 bits per heavy atom. The van der Waals surface area contributed by atoms with E-state index in [-0.39, 0.29) is 0 Å². The van der Waals surface area contributed by atoms with Crippen LogP contribution in [0.2, 0.25) is 0 Å². The maximum atomic E-state index is 5.91. The summed E-state index contributed by atoms with van der Waals surface area (Å²) in [6, 6.07) is 8.60. The molecule has 1 heterocycles. The molecule has 1 saturated carbocycles. The van der Waals surface area contributed by atoms with Crippen LogP contribution in [0.1, 0.15) is 12.8 Å². The van der Waals surface area contributed by atoms with Gasteiger partial charge in [-0.15, -0.1) is 5.10 Å². The minimum Gasteiger partial charge on any atom is -0.353 e. The second kappa shape index (κ2) is 4.53. The Morgan fingerprint density at radius 2 is 2.17 bits per heavy atom. The number of aromatic nitrogens is 2. The molecule has 1 fully saturated rings. The van der Waals surface area contributed by atoms with Crippen LogP contribution in [0, 0.1) is 5.92 Å². The van der Waals surface area contributed by atoms with Gasteiger partial charge in [0.25, 0.3) is 0 Å². The molecule has 1 atom stereocenters. The van der Waals surface area contributed by atoms with E-state index in [1.807, 2.05) is 12.1 Å². The highest BCUT2D eigenvalue weighted by molar-refractivity contribution is 5.91. The van der Waals surface area contributed by atoms with E-state index < -0.39 is 0 Å². The number of hydrogen-bond acceptors (Lipinski definition) is 4. The van der Waals surface area contributed by atoms with Gasteiger partial charge in [0.2, 0.25) is 0 Å². The Kier molecular flexibility index (Phi) is 2.88. The summed E-state index contributed by atoms with van der Waals surface area (Å²) in [6.07, 6.45) is 4.37. The summed E-state index contributed by atoms with van der Waals surface area (Å²) in [5.74, 6) is 1.66. The number of fused-ring (bicyclic) bond motifs is 1. The summed E-state index contributed by atoms with van der Waals surface area (Å²) < 4.78 is 0. The topological polar surface area (TPSA) is 55.0 Å². The van der Waals surface area contributed by atoms with Crippen molar-refractivity contribution >= 4 is 16.6 Å². The van der Waals surface area contributed by atoms with Gasteiger partial charge in [-0.1, -0.05) is 24.3 Å². The molecule has 0 aliphatic heterocycles. The SMILES string of the molecule is CN(c1nncc2ccccc12)C(CN)C1CC1. The number of nitrogens with zero attached hydrogens (tertiary/aromatic N) is 3. The van der Waals surface area contributed by atoms with Gasteiger partial charge in [-0.05, 0) is 18.8 Å². The van der Waals surface area contributed by atoms with Gasteiger partial charge >= 0.3 is 0 Å². The number of nitrogens with two attached hydrogens (primary N) is 1. The number of likely N-dealkylation sites (N-methyl/N-ethyl adjacent to an activating group) is 1. The lowest BCUT2D eigenvalue weighted by molar-refractivity contribution is 0.565. The predicted octanol–water partition coefficient (Wildman–Crippen LogP) is 1.80. The molecule has 94 valence electrons. The highest BCUT2D eigenvalue weighted by atomic mass is 15.3. The monoisotopic (exact) mass is 242 g/mol. The van der Waals surface area contributed by atoms with Crippen LogP contribution >= 0.6 is 0 Å². The molecule has 0 saturated heterocycles. The van der Waals surface area contributed by atoms with Gasteiger partial charge in [0.15, 0.2) is 5.82 Å². The molecule has 0 spiro atoms. The fourth-order valence-corrected chi connectivity index (χ4v) is 2.58. The molecule has 4 heteroatoms. The van der Waals surface area contributed by atoms with Gasteiger partial charge in [-0.2, -0.15) is 5.10 Å². The van der Waals surface area contributed by atoms with Crippen molar-refractivity contribution < 1.29 is 0 Å². The smallest absolute Gasteiger partial charge is 0.159 e. The van der Waals surface area contributed by atoms with Crippen LogP contribution in [0.25, 0.3) is 10.8 Å². The zero-order chi connectivity index (χ0) is 12.5. The van der Waals surface area contributed by atoms with E-state index in [9.17, 15) is 0 Å². The first kappa shape index (κ1) is 11.4. The standard InChI is InChI=1S/C14H18N4/c1-18(13(8-15)10-6-7-10)14-12-5-3-2-4-11(12)9-16-17-14/h2-5,9-10,13H,6-8,15H2,1H3. The van der Waals surface area contributed by atoms with Crippen LogP contribution in [0.3, 0.4) is 0 Å². The molecule has 1 aliphatic rings. The molecule has 1 aromatic carbocycles. The van der Waals surface area contributed by atoms with Gasteiger partial charge in [-0.25, -0.2) is 0 Å². The molecule has 1 aliphatic carbocycles. The van der Waals surface area contributed by atoms with Gasteiger partial charge in [0.1, 0.15) is 0 Å². The number of rotatable bonds is 4. The fourth-order valence-electron chi connectivity index (χ4n) is 2.58. The first-order chi connectivity index (χ1) is 8.81. The lowest BCUT2D eigenvalue weighted by atomic mass is 10.1. The molecule has 0 radical (unpaired) electrons. The Hall–Kier alpha value is -1.68. The highest BCUT2D eigenvalue weighted by Gasteiger charge is 2.33. The molecule has 2 N–H and O–H groups in total. The Bertz CT molecular complexity index is 545. The number of benzene rings is 1. The van der Waals surface area contributed by atoms with E-state index in [1.54, 1.807) is 6.20 Å². The summed E-state index contributed by atoms with van der Waals surface area (Å²) in [5, 5.41) is 10.7. The third-order valence-electron chi connectivity index (χ3n) is 3.79. The average Bonchev–Trinajstić information content (AvgIpc) is 3.23. The molecule has 2 aromatic rings. The van der Waals surface area contributed by atoms with E-state index in [1.165, 1.54) is 12.8 Å². The van der Waals surface area contributed by atoms with E-state index >= 15 is 0 Å². The summed E-state index contributed by atoms with van der Waals surface area (Å²) >= 11 is 0. The molecule has 1 unspecified atom stereocenters. The Balaban J connectivity index is 2.02. The van der Waals surface area contributed by atoms with E-state index in [4.69, 9.17) is 5.73 Å². The van der Waals surface area contributed by atoms with Crippen molar-refractivity contribution in [3.05, 3.63) is 30.5 Å². The fraction of sp³-hybridized carbons (Fsp3) is 0.429. The lowest BCUT2D eigenvalue weighted by Gasteiger charge is -2.28. The van der Waals surface area contributed by atoms with Crippen molar-refractivity contribution in [1.82, 2.24) is 10.2 Å². The van der Waals surface area contributed by atoms with E-state index in [0.717, 1.165) is 22.5 Å². The quantitative estimate of drug-likeness (QED) is 0.888. The van der Waals surface area contributed by atoms with Crippen molar-refractivity contribution in [2.75, 3.05) is 18.5 Å². The summed E-state index contributed by atoms with van der Waals surface area (Å²) in [4.78, 5) is 2.20. The van der Waals surface area contributed by atoms with E-state index in [0.29, 0.717) is 12.6 Å². The zero-order valence-corrected chi connectivity index (χ0v) is 10.6. The zero-order valence-electron chi connectivity index (χ0n) is 10.6. The second-order valence-corrected chi connectivity index (χ2v) is 5.01. The highest BCUT2D eigenvalue weighted by Crippen LogP contribution is 2.36. The predicted molar refractivity (Wildman–Crippen MR) is 73.5 cm³/mol. The minimum atomic E-state index is 0.380. The van der Waals surface area contributed by atoms with Crippen molar-refractivity contribution in [2.24, 2.45) is 11.7 Å². The van der Waals surface area contributed by atoms with Crippen LogP contribution in [0.15, 0.2) is 30.5 Å². The van der Waals surface area contributed by atoms with Gasteiger partial charge in [0.05, 0.1) is 6.20 Å². The van der Waals surface area contributed by atoms with Crippen LogP contribution in [-0.2, 0) is 0 Å². The van der Waals surface area contributed by atoms with Crippen molar-refractivity contribution in [3.63, 3.8) is 0 Å². The molecule has 1 aromatic heterocycles. The molecule has 0 amide bonds. The summed E-state index contributed by atoms with van der Waals surface area (Å²) in [6.45, 7) is 0.673. The Labute approximate surface area is 107 Å². The first-order valence-electron chi connectivity index (χ1n) is 6.44. The van der Waals surface area contributed by atoms with Crippen LogP contribution in [0.4, 0.5) is 5.82 Å². The molecule has 0 bridgehead atoms. The van der Waals surface area contributed by atoms with Gasteiger partial charge in [0, 0.05) is 30.4 Å². The van der Waals surface area contributed by atoms with Gasteiger partial charge in [-0.3, -0.25) is 0 Å². The molecule has 4 nitrogen and oxygen atoms in total. The number of hydrogen-bond donors (Lipinski definition) is 1. The maximum absolute atomic E-state index is 5.91. The normalized spacial score (nSPS) is 16.8. The van der Waals surface area contributed by atoms with Gasteiger partial charge < -0.3 is 10.6 Å². The van der Waals surface area contributed by atoms with Crippen LogP contribution < -0.4 is 10.6 Å². The maximum Gasteiger partial charge on any atom is 0.159 e. The second-order valence-electron chi connectivity index (χ2n) is 5.01. The van der Waals surface area contributed by atoms with Crippen molar-refractivity contribution in [1.29, 1.82) is 0 Å². The number of anilines is 1. The van der Waals surface area contributed by atoms with Crippen LogP contribution in [-0.4, -0.2) is 29.8 Å². The third kappa shape index (κ3) is 1.93. The Morgan fingerprint density at radius 1 is 1.39 bits per heavy atom. The largest absolute Gasteiger partial charge is 0.353 e. The average molecular weight is 242 g/mol. The van der Waals surface area contributed by atoms with Crippen LogP contribution in [0.5, 0.6) is 0 Å². The molecule has 3 rings (SSSR count). The molecule has 18 heavy (non-hydrogen) atoms. The molecular formula is C14H18N4. The minimum absolute atomic E-state index is 0.380. The lowest BCUT2D eigenvalue weighted by Crippen LogP contribution is -2.40. The first-order valence-corrected chi connectivity index (χ1v) is 6.44.